The highest BCUT2D eigenvalue weighted by Gasteiger charge is 2.48. The lowest BCUT2D eigenvalue weighted by molar-refractivity contribution is -0.164. The topological polar surface area (TPSA) is 89.1 Å². The first-order chi connectivity index (χ1) is 13.9. The fourth-order valence-electron chi connectivity index (χ4n) is 3.46. The molecule has 0 radical (unpaired) electrons. The maximum absolute atomic E-state index is 14.6. The molecule has 1 amide bonds. The highest BCUT2D eigenvalue weighted by molar-refractivity contribution is 5.87. The van der Waals surface area contributed by atoms with E-state index in [9.17, 15) is 14.4 Å². The number of methoxy groups -OCH3 is 1. The molecular weight excluding hydrogens is 371 g/mol. The zero-order valence-corrected chi connectivity index (χ0v) is 16.3. The number of nitrogens with zero attached hydrogens (tertiary/aromatic N) is 3. The number of carbonyl (C=O) groups is 1. The van der Waals surface area contributed by atoms with Crippen molar-refractivity contribution >= 4 is 5.91 Å². The van der Waals surface area contributed by atoms with Gasteiger partial charge in [-0.05, 0) is 41.9 Å². The molecule has 1 N–H and O–H groups in total. The summed E-state index contributed by atoms with van der Waals surface area (Å²) in [7, 11) is 3.34. The van der Waals surface area contributed by atoms with E-state index in [2.05, 4.69) is 5.32 Å². The van der Waals surface area contributed by atoms with Crippen molar-refractivity contribution in [3.05, 3.63) is 59.4 Å². The highest BCUT2D eigenvalue weighted by atomic mass is 19.1. The molecule has 148 valence electrons. The summed E-state index contributed by atoms with van der Waals surface area (Å²) in [4.78, 5) is 14.5. The Labute approximate surface area is 169 Å². The molecule has 1 atom stereocenters. The maximum atomic E-state index is 14.6. The third kappa shape index (κ3) is 4.27. The van der Waals surface area contributed by atoms with Gasteiger partial charge in [-0.15, -0.1) is 0 Å². The van der Waals surface area contributed by atoms with Gasteiger partial charge in [-0.3, -0.25) is 9.69 Å². The number of hydrogen-bond acceptors (Lipinski definition) is 5. The van der Waals surface area contributed by atoms with Gasteiger partial charge in [-0.2, -0.15) is 10.5 Å². The summed E-state index contributed by atoms with van der Waals surface area (Å²) in [6.07, 6.45) is 0.0529. The minimum Gasteiger partial charge on any atom is -0.366 e. The number of nitrogens with one attached hydrogen (secondary N) is 1. The van der Waals surface area contributed by atoms with Gasteiger partial charge in [-0.25, -0.2) is 4.39 Å². The number of amides is 1. The van der Waals surface area contributed by atoms with E-state index in [0.29, 0.717) is 29.8 Å². The van der Waals surface area contributed by atoms with Crippen LogP contribution >= 0.6 is 0 Å². The quantitative estimate of drug-likeness (QED) is 0.814. The molecular formula is C22H21FN4O2. The molecule has 1 heterocycles. The number of halogens is 1. The molecule has 7 heteroatoms. The lowest BCUT2D eigenvalue weighted by atomic mass is 9.92. The van der Waals surface area contributed by atoms with Crippen molar-refractivity contribution < 1.29 is 13.9 Å². The number of carbonyl (C=O) groups excluding carboxylic acids is 1. The van der Waals surface area contributed by atoms with Crippen molar-refractivity contribution in [3.63, 3.8) is 0 Å². The Morgan fingerprint density at radius 2 is 1.90 bits per heavy atom. The van der Waals surface area contributed by atoms with Crippen molar-refractivity contribution in [3.8, 4) is 23.3 Å². The number of likely N-dealkylation sites (N-methyl/N-ethyl adjacent to an activating group) is 1. The summed E-state index contributed by atoms with van der Waals surface area (Å²) < 4.78 is 20.0. The molecule has 1 aliphatic rings. The van der Waals surface area contributed by atoms with Gasteiger partial charge >= 0.3 is 0 Å². The van der Waals surface area contributed by atoms with E-state index < -0.39 is 17.5 Å². The molecule has 0 aromatic heterocycles. The van der Waals surface area contributed by atoms with E-state index in [1.54, 1.807) is 36.4 Å². The van der Waals surface area contributed by atoms with Gasteiger partial charge in [0.2, 0.25) is 0 Å². The van der Waals surface area contributed by atoms with Crippen LogP contribution in [0.25, 0.3) is 11.1 Å². The Kier molecular flexibility index (Phi) is 5.93. The second-order valence-corrected chi connectivity index (χ2v) is 7.23. The third-order valence-corrected chi connectivity index (χ3v) is 5.14. The second kappa shape index (κ2) is 8.40. The number of hydrogen-bond donors (Lipinski definition) is 1. The molecule has 6 nitrogen and oxygen atoms in total. The van der Waals surface area contributed by atoms with E-state index in [0.717, 1.165) is 5.56 Å². The van der Waals surface area contributed by atoms with Gasteiger partial charge in [0.25, 0.3) is 5.91 Å². The summed E-state index contributed by atoms with van der Waals surface area (Å²) in [6, 6.07) is 14.8. The molecule has 0 saturated carbocycles. The zero-order valence-electron chi connectivity index (χ0n) is 16.3. The molecule has 0 spiro atoms. The minimum atomic E-state index is -0.957. The largest absolute Gasteiger partial charge is 0.366 e. The van der Waals surface area contributed by atoms with Crippen molar-refractivity contribution in [1.29, 1.82) is 10.5 Å². The molecule has 2 aromatic rings. The predicted molar refractivity (Wildman–Crippen MR) is 105 cm³/mol. The van der Waals surface area contributed by atoms with Crippen molar-refractivity contribution in [1.82, 2.24) is 10.2 Å². The van der Waals surface area contributed by atoms with Gasteiger partial charge in [0.05, 0.1) is 17.7 Å². The Morgan fingerprint density at radius 3 is 2.41 bits per heavy atom. The average molecular weight is 392 g/mol. The van der Waals surface area contributed by atoms with Gasteiger partial charge < -0.3 is 10.1 Å². The van der Waals surface area contributed by atoms with E-state index in [4.69, 9.17) is 10.00 Å². The van der Waals surface area contributed by atoms with Crippen LogP contribution in [0.2, 0.25) is 0 Å². The molecule has 29 heavy (non-hydrogen) atoms. The van der Waals surface area contributed by atoms with E-state index in [1.807, 2.05) is 24.1 Å². The molecule has 2 aromatic carbocycles. The zero-order chi connectivity index (χ0) is 21.0. The summed E-state index contributed by atoms with van der Waals surface area (Å²) in [6.45, 7) is 0.891. The molecule has 1 saturated heterocycles. The molecule has 1 fully saturated rings. The Hall–Kier alpha value is -3.26. The van der Waals surface area contributed by atoms with Crippen LogP contribution < -0.4 is 5.32 Å². The van der Waals surface area contributed by atoms with E-state index in [-0.39, 0.29) is 12.3 Å². The van der Waals surface area contributed by atoms with Gasteiger partial charge in [0.15, 0.2) is 5.60 Å². The van der Waals surface area contributed by atoms with Gasteiger partial charge in [-0.1, -0.05) is 24.3 Å². The summed E-state index contributed by atoms with van der Waals surface area (Å²) in [5.74, 6) is -0.814. The molecule has 0 bridgehead atoms. The SMILES string of the molecule is COC1(C(=O)N[C@H](C#N)Cc2ccc(-c3ccc(C#N)cc3)cc2F)CN(C)C1. The van der Waals surface area contributed by atoms with E-state index in [1.165, 1.54) is 13.2 Å². The summed E-state index contributed by atoms with van der Waals surface area (Å²) in [5.41, 5.74) is 1.37. The van der Waals surface area contributed by atoms with Crippen LogP contribution in [0, 0.1) is 28.5 Å². The van der Waals surface area contributed by atoms with Gasteiger partial charge in [0, 0.05) is 26.6 Å². The van der Waals surface area contributed by atoms with Crippen molar-refractivity contribution in [2.45, 2.75) is 18.1 Å². The number of benzene rings is 2. The lowest BCUT2D eigenvalue weighted by Gasteiger charge is -2.45. The molecule has 3 rings (SSSR count). The first kappa shape index (κ1) is 20.5. The number of rotatable bonds is 6. The van der Waals surface area contributed by atoms with Crippen LogP contribution in [0.15, 0.2) is 42.5 Å². The molecule has 1 aliphatic heterocycles. The van der Waals surface area contributed by atoms with Gasteiger partial charge in [0.1, 0.15) is 11.9 Å². The standard InChI is InChI=1S/C22H21FN4O2/c1-27-13-22(14-27,29-2)21(28)26-19(12-25)9-18-8-7-17(10-20(18)23)16-5-3-15(11-24)4-6-16/h3-8,10,19H,9,13-14H2,1-2H3,(H,26,28)/t19-/m0/s1. The lowest BCUT2D eigenvalue weighted by Crippen LogP contribution is -2.69. The fraction of sp³-hybridized carbons (Fsp3) is 0.318. The van der Waals surface area contributed by atoms with Crippen LogP contribution in [0.3, 0.4) is 0 Å². The maximum Gasteiger partial charge on any atom is 0.255 e. The normalized spacial score (nSPS) is 16.2. The summed E-state index contributed by atoms with van der Waals surface area (Å²) in [5, 5.41) is 21.0. The third-order valence-electron chi connectivity index (χ3n) is 5.14. The number of ether oxygens (including phenoxy) is 1. The van der Waals surface area contributed by atoms with Crippen LogP contribution in [0.5, 0.6) is 0 Å². The second-order valence-electron chi connectivity index (χ2n) is 7.23. The monoisotopic (exact) mass is 392 g/mol. The number of nitriles is 2. The Bertz CT molecular complexity index is 985. The first-order valence-electron chi connectivity index (χ1n) is 9.14. The first-order valence-corrected chi connectivity index (χ1v) is 9.14. The fourth-order valence-corrected chi connectivity index (χ4v) is 3.46. The van der Waals surface area contributed by atoms with Crippen molar-refractivity contribution in [2.75, 3.05) is 27.2 Å². The van der Waals surface area contributed by atoms with Crippen LogP contribution in [0.4, 0.5) is 4.39 Å². The number of likely N-dealkylation sites (tertiary alicyclic amines) is 1. The minimum absolute atomic E-state index is 0.0529. The molecule has 0 unspecified atom stereocenters. The van der Waals surface area contributed by atoms with Crippen LogP contribution in [-0.2, 0) is 16.0 Å². The van der Waals surface area contributed by atoms with Crippen molar-refractivity contribution in [2.24, 2.45) is 0 Å². The predicted octanol–water partition coefficient (Wildman–Crippen LogP) is 2.25. The molecule has 0 aliphatic carbocycles. The highest BCUT2D eigenvalue weighted by Crippen LogP contribution is 2.25. The summed E-state index contributed by atoms with van der Waals surface area (Å²) >= 11 is 0. The smallest absolute Gasteiger partial charge is 0.255 e. The van der Waals surface area contributed by atoms with E-state index >= 15 is 0 Å². The van der Waals surface area contributed by atoms with Crippen LogP contribution in [-0.4, -0.2) is 49.7 Å². The average Bonchev–Trinajstić information content (AvgIpc) is 2.71. The Balaban J connectivity index is 1.70. The van der Waals surface area contributed by atoms with Crippen LogP contribution in [0.1, 0.15) is 11.1 Å². The Morgan fingerprint density at radius 1 is 1.24 bits per heavy atom.